The molecule has 0 atom stereocenters. The average molecular weight is 362 g/mol. The first-order chi connectivity index (χ1) is 12.9. The molecule has 0 radical (unpaired) electrons. The lowest BCUT2D eigenvalue weighted by Gasteiger charge is -2.05. The number of hydrogen-bond acceptors (Lipinski definition) is 3. The minimum Gasteiger partial charge on any atom is -0.507 e. The highest BCUT2D eigenvalue weighted by Crippen LogP contribution is 2.24. The Kier molecular flexibility index (Phi) is 5.36. The average Bonchev–Trinajstić information content (AvgIpc) is 2.66. The third-order valence-electron chi connectivity index (χ3n) is 4.15. The number of hydrogen-bond donors (Lipinski definition) is 1. The van der Waals surface area contributed by atoms with Crippen LogP contribution in [-0.2, 0) is 0 Å². The highest BCUT2D eigenvalue weighted by molar-refractivity contribution is 5.91. The van der Waals surface area contributed by atoms with Gasteiger partial charge in [0.1, 0.15) is 17.3 Å². The van der Waals surface area contributed by atoms with Crippen LogP contribution in [0.1, 0.15) is 32.6 Å². The van der Waals surface area contributed by atoms with E-state index in [1.54, 1.807) is 12.1 Å². The van der Waals surface area contributed by atoms with Crippen molar-refractivity contribution in [2.75, 3.05) is 0 Å². The minimum atomic E-state index is -0.498. The number of phenols is 1. The van der Waals surface area contributed by atoms with Crippen LogP contribution < -0.4 is 4.74 Å². The van der Waals surface area contributed by atoms with Crippen molar-refractivity contribution in [3.8, 4) is 11.5 Å². The molecule has 0 aliphatic heterocycles. The highest BCUT2D eigenvalue weighted by atomic mass is 19.1. The van der Waals surface area contributed by atoms with Crippen LogP contribution in [-0.4, -0.2) is 11.1 Å². The zero-order chi connectivity index (χ0) is 19.4. The quantitative estimate of drug-likeness (QED) is 0.377. The van der Waals surface area contributed by atoms with E-state index in [1.807, 2.05) is 50.3 Å². The summed E-state index contributed by atoms with van der Waals surface area (Å²) in [6, 6.07) is 16.1. The molecule has 0 spiro atoms. The molecule has 136 valence electrons. The summed E-state index contributed by atoms with van der Waals surface area (Å²) in [7, 11) is 0. The lowest BCUT2D eigenvalue weighted by molar-refractivity contribution is 0.0734. The molecule has 3 aromatic carbocycles. The molecule has 27 heavy (non-hydrogen) atoms. The number of esters is 1. The molecule has 0 fully saturated rings. The molecular weight excluding hydrogens is 343 g/mol. The molecular formula is C23H19FO3. The summed E-state index contributed by atoms with van der Waals surface area (Å²) in [4.78, 5) is 12.1. The predicted molar refractivity (Wildman–Crippen MR) is 104 cm³/mol. The van der Waals surface area contributed by atoms with Crippen molar-refractivity contribution >= 4 is 18.1 Å². The number of rotatable bonds is 4. The Balaban J connectivity index is 1.69. The van der Waals surface area contributed by atoms with E-state index in [4.69, 9.17) is 4.74 Å². The zero-order valence-electron chi connectivity index (χ0n) is 15.1. The number of phenolic OH excluding ortho intramolecular Hbond substituents is 1. The monoisotopic (exact) mass is 362 g/mol. The van der Waals surface area contributed by atoms with Gasteiger partial charge in [-0.1, -0.05) is 24.3 Å². The van der Waals surface area contributed by atoms with Gasteiger partial charge in [-0.25, -0.2) is 9.18 Å². The fourth-order valence-electron chi connectivity index (χ4n) is 2.68. The number of ether oxygens (including phenoxy) is 1. The zero-order valence-corrected chi connectivity index (χ0v) is 15.1. The fraction of sp³-hybridized carbons (Fsp3) is 0.0870. The van der Waals surface area contributed by atoms with Crippen molar-refractivity contribution in [2.45, 2.75) is 13.8 Å². The van der Waals surface area contributed by atoms with Gasteiger partial charge in [0.15, 0.2) is 0 Å². The van der Waals surface area contributed by atoms with Gasteiger partial charge >= 0.3 is 5.97 Å². The topological polar surface area (TPSA) is 46.5 Å². The molecule has 0 aromatic heterocycles. The van der Waals surface area contributed by atoms with Gasteiger partial charge in [0, 0.05) is 0 Å². The Bertz CT molecular complexity index is 964. The van der Waals surface area contributed by atoms with E-state index in [0.29, 0.717) is 17.1 Å². The minimum absolute atomic E-state index is 0.295. The van der Waals surface area contributed by atoms with Gasteiger partial charge < -0.3 is 9.84 Å². The Hall–Kier alpha value is -3.40. The third kappa shape index (κ3) is 4.61. The highest BCUT2D eigenvalue weighted by Gasteiger charge is 2.08. The lowest BCUT2D eigenvalue weighted by Crippen LogP contribution is -2.08. The van der Waals surface area contributed by atoms with E-state index < -0.39 is 5.97 Å². The number of carbonyl (C=O) groups excluding carboxylic acids is 1. The Morgan fingerprint density at radius 2 is 1.44 bits per heavy atom. The number of aromatic hydroxyl groups is 1. The largest absolute Gasteiger partial charge is 0.507 e. The van der Waals surface area contributed by atoms with Crippen LogP contribution in [0.2, 0.25) is 0 Å². The van der Waals surface area contributed by atoms with Crippen LogP contribution in [0, 0.1) is 19.7 Å². The molecule has 0 bridgehead atoms. The molecule has 3 rings (SSSR count). The summed E-state index contributed by atoms with van der Waals surface area (Å²) in [6.07, 6.45) is 3.88. The number of aryl methyl sites for hydroxylation is 2. The first-order valence-corrected chi connectivity index (χ1v) is 8.48. The van der Waals surface area contributed by atoms with E-state index in [-0.39, 0.29) is 5.82 Å². The summed E-state index contributed by atoms with van der Waals surface area (Å²) < 4.78 is 18.1. The van der Waals surface area contributed by atoms with Crippen molar-refractivity contribution in [1.82, 2.24) is 0 Å². The molecule has 1 N–H and O–H groups in total. The molecule has 0 saturated heterocycles. The van der Waals surface area contributed by atoms with E-state index in [9.17, 15) is 14.3 Å². The van der Waals surface area contributed by atoms with Gasteiger partial charge in [-0.2, -0.15) is 0 Å². The van der Waals surface area contributed by atoms with Crippen molar-refractivity contribution in [1.29, 1.82) is 0 Å². The number of halogens is 1. The maximum Gasteiger partial charge on any atom is 0.343 e. The first-order valence-electron chi connectivity index (χ1n) is 8.48. The van der Waals surface area contributed by atoms with Crippen LogP contribution >= 0.6 is 0 Å². The van der Waals surface area contributed by atoms with Gasteiger partial charge in [-0.3, -0.25) is 0 Å². The SMILES string of the molecule is Cc1cc(C=Cc2ccc(C(=O)Oc3ccc(F)cc3)cc2)cc(C)c1O. The van der Waals surface area contributed by atoms with Gasteiger partial charge in [0.25, 0.3) is 0 Å². The second-order valence-electron chi connectivity index (χ2n) is 6.30. The Morgan fingerprint density at radius 3 is 2.04 bits per heavy atom. The molecule has 3 aromatic rings. The van der Waals surface area contributed by atoms with Gasteiger partial charge in [-0.05, 0) is 84.6 Å². The molecule has 0 amide bonds. The molecule has 0 aliphatic rings. The summed E-state index contributed by atoms with van der Waals surface area (Å²) in [6.45, 7) is 3.72. The van der Waals surface area contributed by atoms with Crippen LogP contribution in [0.4, 0.5) is 4.39 Å². The molecule has 4 heteroatoms. The van der Waals surface area contributed by atoms with Crippen LogP contribution in [0.3, 0.4) is 0 Å². The van der Waals surface area contributed by atoms with E-state index >= 15 is 0 Å². The second-order valence-corrected chi connectivity index (χ2v) is 6.30. The molecule has 3 nitrogen and oxygen atoms in total. The van der Waals surface area contributed by atoms with Crippen molar-refractivity contribution < 1.29 is 19.0 Å². The van der Waals surface area contributed by atoms with E-state index in [0.717, 1.165) is 22.3 Å². The Labute approximate surface area is 157 Å². The summed E-state index contributed by atoms with van der Waals surface area (Å²) in [5.74, 6) is -0.272. The number of carbonyl (C=O) groups is 1. The lowest BCUT2D eigenvalue weighted by atomic mass is 10.0. The van der Waals surface area contributed by atoms with Crippen molar-refractivity contribution in [2.24, 2.45) is 0 Å². The van der Waals surface area contributed by atoms with Crippen LogP contribution in [0.15, 0.2) is 60.7 Å². The van der Waals surface area contributed by atoms with Crippen molar-refractivity contribution in [3.05, 3.63) is 94.3 Å². The Morgan fingerprint density at radius 1 is 0.889 bits per heavy atom. The molecule has 0 unspecified atom stereocenters. The van der Waals surface area contributed by atoms with Gasteiger partial charge in [0.2, 0.25) is 0 Å². The standard InChI is InChI=1S/C23H19FO3/c1-15-13-18(14-16(2)22(15)25)4-3-17-5-7-19(8-6-17)23(26)27-21-11-9-20(24)10-12-21/h3-14,25H,1-2H3. The maximum atomic E-state index is 12.9. The smallest absolute Gasteiger partial charge is 0.343 e. The molecule has 0 heterocycles. The summed E-state index contributed by atoms with van der Waals surface area (Å²) >= 11 is 0. The van der Waals surface area contributed by atoms with E-state index in [2.05, 4.69) is 0 Å². The van der Waals surface area contributed by atoms with Crippen LogP contribution in [0.5, 0.6) is 11.5 Å². The second kappa shape index (κ2) is 7.87. The summed E-state index contributed by atoms with van der Waals surface area (Å²) in [5.41, 5.74) is 3.98. The maximum absolute atomic E-state index is 12.9. The molecule has 0 aliphatic carbocycles. The normalized spacial score (nSPS) is 10.9. The predicted octanol–water partition coefficient (Wildman–Crippen LogP) is 5.54. The fourth-order valence-corrected chi connectivity index (χ4v) is 2.68. The third-order valence-corrected chi connectivity index (χ3v) is 4.15. The van der Waals surface area contributed by atoms with E-state index in [1.165, 1.54) is 24.3 Å². The molecule has 0 saturated carbocycles. The van der Waals surface area contributed by atoms with Crippen LogP contribution in [0.25, 0.3) is 12.2 Å². The first kappa shape index (κ1) is 18.4. The van der Waals surface area contributed by atoms with Gasteiger partial charge in [0.05, 0.1) is 5.56 Å². The van der Waals surface area contributed by atoms with Gasteiger partial charge in [-0.15, -0.1) is 0 Å². The number of benzene rings is 3. The summed E-state index contributed by atoms with van der Waals surface area (Å²) in [5, 5.41) is 9.83. The van der Waals surface area contributed by atoms with Crippen molar-refractivity contribution in [3.63, 3.8) is 0 Å².